The smallest absolute Gasteiger partial charge is 0.280 e. The number of nitrogens with zero attached hydrogens (tertiary/aromatic N) is 3. The number of ether oxygens (including phenoxy) is 1. The molecule has 23 heavy (non-hydrogen) atoms. The van der Waals surface area contributed by atoms with Crippen LogP contribution in [0, 0.1) is 0 Å². The third kappa shape index (κ3) is 3.82. The van der Waals surface area contributed by atoms with Crippen LogP contribution in [0.2, 0.25) is 0 Å². The highest BCUT2D eigenvalue weighted by Crippen LogP contribution is 2.13. The minimum Gasteiger partial charge on any atom is -0.379 e. The van der Waals surface area contributed by atoms with Gasteiger partial charge < -0.3 is 14.2 Å². The monoisotopic (exact) mass is 341 g/mol. The number of hydrogen-bond acceptors (Lipinski definition) is 7. The minimum absolute atomic E-state index is 0.108. The predicted molar refractivity (Wildman–Crippen MR) is 78.5 cm³/mol. The number of aromatic amines is 1. The molecule has 2 aromatic rings. The first-order chi connectivity index (χ1) is 11.0. The maximum atomic E-state index is 12.1. The van der Waals surface area contributed by atoms with E-state index in [2.05, 4.69) is 19.8 Å². The molecule has 0 bridgehead atoms. The number of hydrogen-bond donors (Lipinski definition) is 2. The zero-order chi connectivity index (χ0) is 16.3. The van der Waals surface area contributed by atoms with Crippen LogP contribution in [0.1, 0.15) is 5.89 Å². The van der Waals surface area contributed by atoms with Crippen molar-refractivity contribution in [2.45, 2.75) is 6.54 Å². The zero-order valence-corrected chi connectivity index (χ0v) is 12.9. The first-order valence-electron chi connectivity index (χ1n) is 6.89. The highest BCUT2D eigenvalue weighted by atomic mass is 32.2. The lowest BCUT2D eigenvalue weighted by Gasteiger charge is -2.25. The van der Waals surface area contributed by atoms with Gasteiger partial charge in [0.2, 0.25) is 17.3 Å². The summed E-state index contributed by atoms with van der Waals surface area (Å²) in [5, 5.41) is 3.73. The van der Waals surface area contributed by atoms with Crippen LogP contribution in [0.4, 0.5) is 0 Å². The second-order valence-corrected chi connectivity index (χ2v) is 6.55. The highest BCUT2D eigenvalue weighted by Gasteiger charge is 2.24. The lowest BCUT2D eigenvalue weighted by Crippen LogP contribution is -2.46. The van der Waals surface area contributed by atoms with Crippen molar-refractivity contribution in [3.8, 4) is 11.4 Å². The summed E-state index contributed by atoms with van der Waals surface area (Å²) in [7, 11) is -3.62. The molecule has 0 aromatic carbocycles. The minimum atomic E-state index is -3.62. The van der Waals surface area contributed by atoms with Gasteiger partial charge in [0.05, 0.1) is 19.8 Å². The number of aromatic nitrogens is 3. The lowest BCUT2D eigenvalue weighted by atomic mass is 10.2. The summed E-state index contributed by atoms with van der Waals surface area (Å²) in [5.74, 6) is 0.328. The first kappa shape index (κ1) is 15.8. The van der Waals surface area contributed by atoms with Crippen molar-refractivity contribution in [1.82, 2.24) is 24.2 Å². The van der Waals surface area contributed by atoms with Crippen molar-refractivity contribution in [3.63, 3.8) is 0 Å². The normalized spacial score (nSPS) is 16.5. The molecule has 3 rings (SSSR count). The molecule has 0 unspecified atom stereocenters. The van der Waals surface area contributed by atoms with E-state index < -0.39 is 10.2 Å². The summed E-state index contributed by atoms with van der Waals surface area (Å²) in [6.45, 7) is 1.21. The molecule has 0 spiro atoms. The SMILES string of the molecule is O=c1cc(-c2noc(CNS(=O)(=O)N3CCOCC3)n2)cc[nH]1. The Labute approximate surface area is 131 Å². The standard InChI is InChI=1S/C12H15N5O5S/c18-10-7-9(1-2-13-10)12-15-11(22-16-12)8-14-23(19,20)17-3-5-21-6-4-17/h1-2,7,14H,3-6,8H2,(H,13,18). The van der Waals surface area contributed by atoms with E-state index in [0.29, 0.717) is 31.9 Å². The Morgan fingerprint density at radius 1 is 1.35 bits per heavy atom. The molecule has 1 aliphatic heterocycles. The fraction of sp³-hybridized carbons (Fsp3) is 0.417. The van der Waals surface area contributed by atoms with Crippen LogP contribution in [0.3, 0.4) is 0 Å². The molecule has 0 radical (unpaired) electrons. The van der Waals surface area contributed by atoms with E-state index in [1.807, 2.05) is 0 Å². The van der Waals surface area contributed by atoms with Crippen LogP contribution >= 0.6 is 0 Å². The highest BCUT2D eigenvalue weighted by molar-refractivity contribution is 7.87. The summed E-state index contributed by atoms with van der Waals surface area (Å²) in [5.41, 5.74) is 0.196. The molecule has 2 aromatic heterocycles. The Kier molecular flexibility index (Phi) is 4.52. The van der Waals surface area contributed by atoms with Crippen LogP contribution in [-0.4, -0.2) is 54.2 Å². The van der Waals surface area contributed by atoms with Crippen molar-refractivity contribution in [1.29, 1.82) is 0 Å². The molecular weight excluding hydrogens is 326 g/mol. The number of H-pyrrole nitrogens is 1. The van der Waals surface area contributed by atoms with Gasteiger partial charge in [-0.2, -0.15) is 22.4 Å². The molecule has 0 atom stereocenters. The van der Waals surface area contributed by atoms with Crippen LogP contribution in [-0.2, 0) is 21.5 Å². The van der Waals surface area contributed by atoms with Gasteiger partial charge in [0.1, 0.15) is 0 Å². The summed E-state index contributed by atoms with van der Waals surface area (Å²) in [6.07, 6.45) is 1.47. The van der Waals surface area contributed by atoms with Gasteiger partial charge in [0.15, 0.2) is 0 Å². The van der Waals surface area contributed by atoms with Gasteiger partial charge in [-0.05, 0) is 6.07 Å². The van der Waals surface area contributed by atoms with Crippen LogP contribution in [0.25, 0.3) is 11.4 Å². The van der Waals surface area contributed by atoms with E-state index in [4.69, 9.17) is 9.26 Å². The Bertz CT molecular complexity index is 824. The largest absolute Gasteiger partial charge is 0.379 e. The van der Waals surface area contributed by atoms with Gasteiger partial charge in [-0.3, -0.25) is 4.79 Å². The number of morpholine rings is 1. The molecule has 124 valence electrons. The second kappa shape index (κ2) is 6.58. The third-order valence-electron chi connectivity index (χ3n) is 3.22. The Morgan fingerprint density at radius 2 is 2.13 bits per heavy atom. The summed E-state index contributed by atoms with van der Waals surface area (Å²) in [6, 6.07) is 2.94. The quantitative estimate of drug-likeness (QED) is 0.720. The molecule has 11 heteroatoms. The Hall–Kier alpha value is -2.08. The van der Waals surface area contributed by atoms with Gasteiger partial charge >= 0.3 is 0 Å². The summed E-state index contributed by atoms with van der Waals surface area (Å²) < 4.78 is 38.0. The third-order valence-corrected chi connectivity index (χ3v) is 4.77. The fourth-order valence-electron chi connectivity index (χ4n) is 2.06. The maximum Gasteiger partial charge on any atom is 0.280 e. The molecule has 1 saturated heterocycles. The molecule has 10 nitrogen and oxygen atoms in total. The van der Waals surface area contributed by atoms with Gasteiger partial charge in [0, 0.05) is 30.9 Å². The topological polar surface area (TPSA) is 130 Å². The maximum absolute atomic E-state index is 12.1. The summed E-state index contributed by atoms with van der Waals surface area (Å²) >= 11 is 0. The van der Waals surface area contributed by atoms with Crippen molar-refractivity contribution in [3.05, 3.63) is 34.6 Å². The van der Waals surface area contributed by atoms with Crippen LogP contribution < -0.4 is 10.3 Å². The summed E-state index contributed by atoms with van der Waals surface area (Å²) in [4.78, 5) is 17.8. The van der Waals surface area contributed by atoms with Gasteiger partial charge in [0.25, 0.3) is 10.2 Å². The predicted octanol–water partition coefficient (Wildman–Crippen LogP) is -0.908. The van der Waals surface area contributed by atoms with Crippen LogP contribution in [0.15, 0.2) is 27.6 Å². The first-order valence-corrected chi connectivity index (χ1v) is 8.33. The van der Waals surface area contributed by atoms with Crippen LogP contribution in [0.5, 0.6) is 0 Å². The van der Waals surface area contributed by atoms with E-state index in [-0.39, 0.29) is 23.8 Å². The van der Waals surface area contributed by atoms with Crippen molar-refractivity contribution in [2.24, 2.45) is 0 Å². The molecule has 2 N–H and O–H groups in total. The molecular formula is C12H15N5O5S. The molecule has 0 aliphatic carbocycles. The Morgan fingerprint density at radius 3 is 2.87 bits per heavy atom. The van der Waals surface area contributed by atoms with Crippen molar-refractivity contribution in [2.75, 3.05) is 26.3 Å². The average Bonchev–Trinajstić information content (AvgIpc) is 3.03. The molecule has 0 saturated carbocycles. The van der Waals surface area contributed by atoms with Gasteiger partial charge in [-0.15, -0.1) is 0 Å². The lowest BCUT2D eigenvalue weighted by molar-refractivity contribution is 0.0724. The van der Waals surface area contributed by atoms with E-state index in [1.54, 1.807) is 6.07 Å². The van der Waals surface area contributed by atoms with Crippen molar-refractivity contribution >= 4 is 10.2 Å². The number of rotatable bonds is 5. The number of pyridine rings is 1. The Balaban J connectivity index is 1.66. The van der Waals surface area contributed by atoms with E-state index in [1.165, 1.54) is 16.6 Å². The van der Waals surface area contributed by atoms with Gasteiger partial charge in [-0.1, -0.05) is 5.16 Å². The molecule has 1 aliphatic rings. The molecule has 3 heterocycles. The van der Waals surface area contributed by atoms with Crippen molar-refractivity contribution < 1.29 is 17.7 Å². The van der Waals surface area contributed by atoms with E-state index >= 15 is 0 Å². The number of nitrogens with one attached hydrogen (secondary N) is 2. The fourth-order valence-corrected chi connectivity index (χ4v) is 3.18. The zero-order valence-electron chi connectivity index (χ0n) is 12.1. The van der Waals surface area contributed by atoms with E-state index in [9.17, 15) is 13.2 Å². The molecule has 0 amide bonds. The second-order valence-electron chi connectivity index (χ2n) is 4.79. The van der Waals surface area contributed by atoms with E-state index in [0.717, 1.165) is 0 Å². The molecule has 1 fully saturated rings. The average molecular weight is 341 g/mol. The van der Waals surface area contributed by atoms with Gasteiger partial charge in [-0.25, -0.2) is 0 Å².